The van der Waals surface area contributed by atoms with Gasteiger partial charge in [0.1, 0.15) is 5.84 Å². The van der Waals surface area contributed by atoms with Gasteiger partial charge in [0, 0.05) is 30.0 Å². The second-order valence-corrected chi connectivity index (χ2v) is 6.85. The predicted octanol–water partition coefficient (Wildman–Crippen LogP) is 6.17. The van der Waals surface area contributed by atoms with Crippen LogP contribution >= 0.6 is 23.2 Å². The first-order valence-corrected chi connectivity index (χ1v) is 8.79. The Morgan fingerprint density at radius 1 is 1.11 bits per heavy atom. The van der Waals surface area contributed by atoms with Gasteiger partial charge in [0.25, 0.3) is 0 Å². The Hall–Kier alpha value is -2.57. The molecule has 0 radical (unpaired) electrons. The van der Waals surface area contributed by atoms with Crippen LogP contribution in [0.25, 0.3) is 21.9 Å². The average Bonchev–Trinajstić information content (AvgIpc) is 2.66. The molecule has 144 valence electrons. The summed E-state index contributed by atoms with van der Waals surface area (Å²) in [5.41, 5.74) is 6.72. The summed E-state index contributed by atoms with van der Waals surface area (Å²) in [5.74, 6) is 0.0962. The summed E-state index contributed by atoms with van der Waals surface area (Å²) in [7, 11) is 1.47. The Bertz CT molecular complexity index is 1120. The number of hydrogen-bond donors (Lipinski definition) is 2. The third-order valence-electron chi connectivity index (χ3n) is 4.34. The van der Waals surface area contributed by atoms with Crippen LogP contribution in [0.15, 0.2) is 47.5 Å². The minimum Gasteiger partial charge on any atom is -0.383 e. The van der Waals surface area contributed by atoms with Crippen LogP contribution in [-0.2, 0) is 6.18 Å². The topological polar surface area (TPSA) is 62.2 Å². The summed E-state index contributed by atoms with van der Waals surface area (Å²) in [6.45, 7) is 0. The van der Waals surface area contributed by atoms with Crippen LogP contribution < -0.4 is 5.73 Å². The summed E-state index contributed by atoms with van der Waals surface area (Å²) in [5, 5.41) is 9.47. The van der Waals surface area contributed by atoms with E-state index in [0.29, 0.717) is 32.5 Å². The van der Waals surface area contributed by atoms with Crippen molar-refractivity contribution in [3.05, 3.63) is 69.2 Å². The van der Waals surface area contributed by atoms with Crippen molar-refractivity contribution < 1.29 is 13.2 Å². The van der Waals surface area contributed by atoms with Gasteiger partial charge < -0.3 is 11.1 Å². The molecular weight excluding hydrogens is 410 g/mol. The maximum atomic E-state index is 13.3. The summed E-state index contributed by atoms with van der Waals surface area (Å²) in [6, 6.07) is 9.76. The fraction of sp³-hybridized carbons (Fsp3) is 0.100. The molecule has 3 nitrogen and oxygen atoms in total. The van der Waals surface area contributed by atoms with E-state index in [0.717, 1.165) is 18.3 Å². The van der Waals surface area contributed by atoms with Gasteiger partial charge in [-0.2, -0.15) is 13.2 Å². The Morgan fingerprint density at radius 3 is 2.39 bits per heavy atom. The third kappa shape index (κ3) is 3.57. The van der Waals surface area contributed by atoms with E-state index in [1.807, 2.05) is 0 Å². The van der Waals surface area contributed by atoms with Crippen LogP contribution in [0.4, 0.5) is 13.2 Å². The van der Waals surface area contributed by atoms with Gasteiger partial charge in [-0.25, -0.2) is 0 Å². The predicted molar refractivity (Wildman–Crippen MR) is 109 cm³/mol. The van der Waals surface area contributed by atoms with E-state index >= 15 is 0 Å². The zero-order valence-corrected chi connectivity index (χ0v) is 16.0. The second kappa shape index (κ2) is 7.45. The van der Waals surface area contributed by atoms with Gasteiger partial charge >= 0.3 is 6.18 Å². The summed E-state index contributed by atoms with van der Waals surface area (Å²) in [6.07, 6.45) is -3.43. The van der Waals surface area contributed by atoms with Crippen molar-refractivity contribution in [3.63, 3.8) is 0 Å². The van der Waals surface area contributed by atoms with Crippen molar-refractivity contribution in [3.8, 4) is 11.1 Å². The zero-order chi connectivity index (χ0) is 20.6. The van der Waals surface area contributed by atoms with Crippen LogP contribution in [-0.4, -0.2) is 19.1 Å². The minimum absolute atomic E-state index is 0.0962. The quantitative estimate of drug-likeness (QED) is 0.384. The molecule has 3 rings (SSSR count). The summed E-state index contributed by atoms with van der Waals surface area (Å²) in [4.78, 5) is 3.98. The number of nitrogens with two attached hydrogens (primary N) is 1. The number of fused-ring (bicyclic) bond motifs is 1. The van der Waals surface area contributed by atoms with E-state index in [-0.39, 0.29) is 16.4 Å². The number of alkyl halides is 3. The van der Waals surface area contributed by atoms with Crippen molar-refractivity contribution in [1.82, 2.24) is 0 Å². The number of rotatable bonds is 3. The molecule has 28 heavy (non-hydrogen) atoms. The third-order valence-corrected chi connectivity index (χ3v) is 5.06. The lowest BCUT2D eigenvalue weighted by Gasteiger charge is -2.18. The van der Waals surface area contributed by atoms with Crippen molar-refractivity contribution in [2.75, 3.05) is 7.05 Å². The molecule has 0 aliphatic rings. The van der Waals surface area contributed by atoms with E-state index in [4.69, 9.17) is 34.3 Å². The molecule has 3 aromatic rings. The number of benzene rings is 3. The van der Waals surface area contributed by atoms with Crippen LogP contribution in [0.5, 0.6) is 0 Å². The molecule has 0 unspecified atom stereocenters. The highest BCUT2D eigenvalue weighted by molar-refractivity contribution is 6.43. The lowest BCUT2D eigenvalue weighted by Crippen LogP contribution is -2.17. The molecule has 0 saturated carbocycles. The molecular formula is C20H14Cl2F3N3. The molecule has 0 bridgehead atoms. The molecule has 0 aromatic heterocycles. The van der Waals surface area contributed by atoms with Crippen molar-refractivity contribution in [1.29, 1.82) is 5.41 Å². The highest BCUT2D eigenvalue weighted by Crippen LogP contribution is 2.40. The van der Waals surface area contributed by atoms with Gasteiger partial charge in [0.2, 0.25) is 0 Å². The highest BCUT2D eigenvalue weighted by Gasteiger charge is 2.31. The number of nitrogens with one attached hydrogen (secondary N) is 1. The molecule has 0 atom stereocenters. The van der Waals surface area contributed by atoms with Gasteiger partial charge in [0.15, 0.2) is 0 Å². The lowest BCUT2D eigenvalue weighted by atomic mass is 9.88. The standard InChI is InChI=1S/C20H14Cl2F3N3/c1-28-19(27)18-12(9-26)5-11-7-15(21)16(22)8-14(11)17(18)10-3-2-4-13(6-10)20(23,24)25/h2-9,26H,1H3,(H2,27,28). The van der Waals surface area contributed by atoms with Crippen LogP contribution in [0.2, 0.25) is 10.0 Å². The molecule has 8 heteroatoms. The Kier molecular flexibility index (Phi) is 5.37. The van der Waals surface area contributed by atoms with Crippen LogP contribution in [0.3, 0.4) is 0 Å². The van der Waals surface area contributed by atoms with Crippen LogP contribution in [0, 0.1) is 5.41 Å². The second-order valence-electron chi connectivity index (χ2n) is 6.03. The summed E-state index contributed by atoms with van der Waals surface area (Å²) < 4.78 is 39.8. The number of hydrogen-bond acceptors (Lipinski definition) is 2. The molecule has 0 spiro atoms. The van der Waals surface area contributed by atoms with Crippen molar-refractivity contribution in [2.24, 2.45) is 10.7 Å². The van der Waals surface area contributed by atoms with Gasteiger partial charge in [-0.1, -0.05) is 35.3 Å². The molecule has 0 fully saturated rings. The van der Waals surface area contributed by atoms with Gasteiger partial charge in [-0.3, -0.25) is 4.99 Å². The highest BCUT2D eigenvalue weighted by atomic mass is 35.5. The first-order chi connectivity index (χ1) is 13.2. The molecule has 0 aliphatic heterocycles. The number of aliphatic imine (C=N–C) groups is 1. The van der Waals surface area contributed by atoms with E-state index < -0.39 is 11.7 Å². The summed E-state index contributed by atoms with van der Waals surface area (Å²) >= 11 is 12.3. The van der Waals surface area contributed by atoms with E-state index in [1.54, 1.807) is 24.3 Å². The first-order valence-electron chi connectivity index (χ1n) is 8.04. The number of amidine groups is 1. The first kappa shape index (κ1) is 20.2. The van der Waals surface area contributed by atoms with E-state index in [9.17, 15) is 13.2 Å². The van der Waals surface area contributed by atoms with Gasteiger partial charge in [-0.15, -0.1) is 0 Å². The maximum absolute atomic E-state index is 13.3. The van der Waals surface area contributed by atoms with Crippen LogP contribution in [0.1, 0.15) is 16.7 Å². The SMILES string of the molecule is CN=C(N)c1c(C=N)cc2cc(Cl)c(Cl)cc2c1-c1cccc(C(F)(F)F)c1. The fourth-order valence-electron chi connectivity index (χ4n) is 3.07. The average molecular weight is 424 g/mol. The van der Waals surface area contributed by atoms with Crippen molar-refractivity contribution in [2.45, 2.75) is 6.18 Å². The zero-order valence-electron chi connectivity index (χ0n) is 14.5. The smallest absolute Gasteiger partial charge is 0.383 e. The van der Waals surface area contributed by atoms with Crippen molar-refractivity contribution >= 4 is 46.0 Å². The molecule has 0 aliphatic carbocycles. The molecule has 0 saturated heterocycles. The maximum Gasteiger partial charge on any atom is 0.416 e. The monoisotopic (exact) mass is 423 g/mol. The molecule has 3 N–H and O–H groups in total. The molecule has 0 amide bonds. The number of halogens is 5. The van der Waals surface area contributed by atoms with Gasteiger partial charge in [-0.05, 0) is 46.7 Å². The normalized spacial score (nSPS) is 12.4. The number of nitrogens with zero attached hydrogens (tertiary/aromatic N) is 1. The Balaban J connectivity index is 2.52. The molecule has 3 aromatic carbocycles. The van der Waals surface area contributed by atoms with E-state index in [2.05, 4.69) is 4.99 Å². The minimum atomic E-state index is -4.50. The Labute approximate surface area is 169 Å². The molecule has 0 heterocycles. The largest absolute Gasteiger partial charge is 0.416 e. The van der Waals surface area contributed by atoms with E-state index in [1.165, 1.54) is 13.1 Å². The lowest BCUT2D eigenvalue weighted by molar-refractivity contribution is -0.137. The van der Waals surface area contributed by atoms with Gasteiger partial charge in [0.05, 0.1) is 15.6 Å². The fourth-order valence-corrected chi connectivity index (χ4v) is 3.41. The Morgan fingerprint density at radius 2 is 1.79 bits per heavy atom.